The number of rotatable bonds is 4. The van der Waals surface area contributed by atoms with Gasteiger partial charge in [0.2, 0.25) is 0 Å². The molecule has 1 rings (SSSR count). The van der Waals surface area contributed by atoms with Crippen LogP contribution in [0.4, 0.5) is 0 Å². The number of nitrogens with two attached hydrogens (primary N) is 1. The van der Waals surface area contributed by atoms with Gasteiger partial charge in [-0.25, -0.2) is 0 Å². The van der Waals surface area contributed by atoms with Crippen molar-refractivity contribution >= 4 is 0 Å². The molecule has 0 aliphatic heterocycles. The molecule has 1 atom stereocenters. The van der Waals surface area contributed by atoms with Gasteiger partial charge in [0.25, 0.3) is 0 Å². The summed E-state index contributed by atoms with van der Waals surface area (Å²) in [5.41, 5.74) is 6.86. The summed E-state index contributed by atoms with van der Waals surface area (Å²) in [5.74, 6) is 0.843. The largest absolute Gasteiger partial charge is 0.491 e. The fourth-order valence-electron chi connectivity index (χ4n) is 1.24. The van der Waals surface area contributed by atoms with Gasteiger partial charge in [-0.1, -0.05) is 24.3 Å². The topological polar surface area (TPSA) is 35.2 Å². The molecule has 1 aromatic carbocycles. The van der Waals surface area contributed by atoms with Gasteiger partial charge < -0.3 is 10.5 Å². The summed E-state index contributed by atoms with van der Waals surface area (Å²) in [6, 6.07) is 7.62. The molecule has 0 aliphatic carbocycles. The summed E-state index contributed by atoms with van der Waals surface area (Å²) in [6.07, 6.45) is 1.87. The molecule has 0 aromatic heterocycles. The molecular weight excluding hydrogens is 174 g/mol. The van der Waals surface area contributed by atoms with Crippen molar-refractivity contribution in [3.63, 3.8) is 0 Å². The number of hydrogen-bond donors (Lipinski definition) is 1. The molecule has 14 heavy (non-hydrogen) atoms. The molecular formula is C12H17NO. The molecule has 0 aliphatic rings. The van der Waals surface area contributed by atoms with E-state index >= 15 is 0 Å². The van der Waals surface area contributed by atoms with Crippen LogP contribution in [-0.4, -0.2) is 6.10 Å². The van der Waals surface area contributed by atoms with Crippen LogP contribution in [0.1, 0.15) is 25.5 Å². The highest BCUT2D eigenvalue weighted by atomic mass is 16.5. The zero-order valence-electron chi connectivity index (χ0n) is 8.73. The van der Waals surface area contributed by atoms with E-state index in [2.05, 4.69) is 6.58 Å². The number of benzene rings is 1. The van der Waals surface area contributed by atoms with E-state index in [0.717, 1.165) is 11.3 Å². The second-order valence-electron chi connectivity index (χ2n) is 3.47. The van der Waals surface area contributed by atoms with Crippen LogP contribution in [0.5, 0.6) is 5.75 Å². The van der Waals surface area contributed by atoms with Crippen LogP contribution in [0, 0.1) is 0 Å². The van der Waals surface area contributed by atoms with Gasteiger partial charge in [0, 0.05) is 5.56 Å². The van der Waals surface area contributed by atoms with Crippen molar-refractivity contribution in [2.24, 2.45) is 5.73 Å². The van der Waals surface area contributed by atoms with Crippen molar-refractivity contribution in [2.45, 2.75) is 26.0 Å². The van der Waals surface area contributed by atoms with Crippen molar-refractivity contribution in [2.75, 3.05) is 0 Å². The average Bonchev–Trinajstić information content (AvgIpc) is 2.16. The van der Waals surface area contributed by atoms with Gasteiger partial charge in [-0.2, -0.15) is 0 Å². The molecule has 2 N–H and O–H groups in total. The van der Waals surface area contributed by atoms with Gasteiger partial charge in [0.15, 0.2) is 0 Å². The molecule has 0 saturated heterocycles. The molecule has 0 fully saturated rings. The fraction of sp³-hybridized carbons (Fsp3) is 0.333. The Labute approximate surface area is 85.4 Å². The minimum Gasteiger partial charge on any atom is -0.491 e. The molecule has 0 heterocycles. The molecule has 1 aromatic rings. The number of para-hydroxylation sites is 1. The molecule has 0 radical (unpaired) electrons. The lowest BCUT2D eigenvalue weighted by Crippen LogP contribution is -2.12. The zero-order chi connectivity index (χ0) is 10.6. The van der Waals surface area contributed by atoms with Crippen LogP contribution in [0.25, 0.3) is 0 Å². The Morgan fingerprint density at radius 1 is 1.36 bits per heavy atom. The number of ether oxygens (including phenoxy) is 1. The van der Waals surface area contributed by atoms with Crippen LogP contribution < -0.4 is 10.5 Å². The summed E-state index contributed by atoms with van der Waals surface area (Å²) in [7, 11) is 0. The van der Waals surface area contributed by atoms with E-state index in [9.17, 15) is 0 Å². The van der Waals surface area contributed by atoms with Crippen LogP contribution in [-0.2, 0) is 0 Å². The van der Waals surface area contributed by atoms with E-state index in [1.807, 2.05) is 38.1 Å². The Morgan fingerprint density at radius 3 is 2.57 bits per heavy atom. The van der Waals surface area contributed by atoms with E-state index in [1.165, 1.54) is 0 Å². The summed E-state index contributed by atoms with van der Waals surface area (Å²) >= 11 is 0. The molecule has 76 valence electrons. The maximum Gasteiger partial charge on any atom is 0.124 e. The van der Waals surface area contributed by atoms with Gasteiger partial charge >= 0.3 is 0 Å². The first kappa shape index (κ1) is 10.8. The summed E-state index contributed by atoms with van der Waals surface area (Å²) in [4.78, 5) is 0. The third kappa shape index (κ3) is 2.60. The minimum absolute atomic E-state index is 0.160. The van der Waals surface area contributed by atoms with E-state index in [4.69, 9.17) is 10.5 Å². The van der Waals surface area contributed by atoms with Gasteiger partial charge in [0.1, 0.15) is 5.75 Å². The summed E-state index contributed by atoms with van der Waals surface area (Å²) in [6.45, 7) is 7.67. The van der Waals surface area contributed by atoms with Crippen LogP contribution >= 0.6 is 0 Å². The van der Waals surface area contributed by atoms with Gasteiger partial charge in [-0.3, -0.25) is 0 Å². The normalized spacial score (nSPS) is 12.6. The van der Waals surface area contributed by atoms with E-state index in [0.29, 0.717) is 0 Å². The van der Waals surface area contributed by atoms with Gasteiger partial charge in [-0.15, -0.1) is 6.58 Å². The second-order valence-corrected chi connectivity index (χ2v) is 3.47. The first-order valence-corrected chi connectivity index (χ1v) is 4.79. The predicted octanol–water partition coefficient (Wildman–Crippen LogP) is 2.66. The minimum atomic E-state index is -0.162. The molecule has 2 heteroatoms. The van der Waals surface area contributed by atoms with E-state index in [-0.39, 0.29) is 12.1 Å². The maximum absolute atomic E-state index is 5.87. The van der Waals surface area contributed by atoms with Crippen molar-refractivity contribution in [3.8, 4) is 5.75 Å². The van der Waals surface area contributed by atoms with Crippen LogP contribution in [0.15, 0.2) is 36.9 Å². The highest BCUT2D eigenvalue weighted by molar-refractivity contribution is 5.37. The molecule has 0 bridgehead atoms. The third-order valence-electron chi connectivity index (χ3n) is 1.89. The van der Waals surface area contributed by atoms with Crippen LogP contribution in [0.2, 0.25) is 0 Å². The van der Waals surface area contributed by atoms with Gasteiger partial charge in [-0.05, 0) is 19.9 Å². The smallest absolute Gasteiger partial charge is 0.124 e. The summed E-state index contributed by atoms with van der Waals surface area (Å²) < 4.78 is 5.64. The third-order valence-corrected chi connectivity index (χ3v) is 1.89. The van der Waals surface area contributed by atoms with Crippen molar-refractivity contribution in [1.29, 1.82) is 0 Å². The molecule has 1 unspecified atom stereocenters. The Bertz CT molecular complexity index is 307. The monoisotopic (exact) mass is 191 g/mol. The standard InChI is InChI=1S/C12H17NO/c1-4-11(13)10-7-5-6-8-12(10)14-9(2)3/h4-9,11H,1,13H2,2-3H3. The Hall–Kier alpha value is -1.28. The fourth-order valence-corrected chi connectivity index (χ4v) is 1.24. The predicted molar refractivity (Wildman–Crippen MR) is 59.3 cm³/mol. The molecule has 0 spiro atoms. The Morgan fingerprint density at radius 2 is 2.00 bits per heavy atom. The Kier molecular flexibility index (Phi) is 3.72. The molecule has 2 nitrogen and oxygen atoms in total. The average molecular weight is 191 g/mol. The zero-order valence-corrected chi connectivity index (χ0v) is 8.73. The lowest BCUT2D eigenvalue weighted by Gasteiger charge is -2.16. The summed E-state index contributed by atoms with van der Waals surface area (Å²) in [5, 5.41) is 0. The first-order chi connectivity index (χ1) is 6.65. The second kappa shape index (κ2) is 4.82. The highest BCUT2D eigenvalue weighted by Gasteiger charge is 2.09. The maximum atomic E-state index is 5.87. The molecule has 0 amide bonds. The Balaban J connectivity index is 2.96. The van der Waals surface area contributed by atoms with Crippen molar-refractivity contribution < 1.29 is 4.74 Å². The SMILES string of the molecule is C=CC(N)c1ccccc1OC(C)C. The molecule has 0 saturated carbocycles. The van der Waals surface area contributed by atoms with Crippen LogP contribution in [0.3, 0.4) is 0 Å². The lowest BCUT2D eigenvalue weighted by molar-refractivity contribution is 0.239. The van der Waals surface area contributed by atoms with E-state index < -0.39 is 0 Å². The number of hydrogen-bond acceptors (Lipinski definition) is 2. The van der Waals surface area contributed by atoms with Crippen molar-refractivity contribution in [1.82, 2.24) is 0 Å². The van der Waals surface area contributed by atoms with E-state index in [1.54, 1.807) is 6.08 Å². The van der Waals surface area contributed by atoms with Crippen molar-refractivity contribution in [3.05, 3.63) is 42.5 Å². The van der Waals surface area contributed by atoms with Gasteiger partial charge in [0.05, 0.1) is 12.1 Å². The lowest BCUT2D eigenvalue weighted by atomic mass is 10.1. The highest BCUT2D eigenvalue weighted by Crippen LogP contribution is 2.24. The first-order valence-electron chi connectivity index (χ1n) is 4.79. The quantitative estimate of drug-likeness (QED) is 0.742.